The fraction of sp³-hybridized carbons (Fsp3) is 0.375. The van der Waals surface area contributed by atoms with Crippen LogP contribution in [-0.2, 0) is 13.2 Å². The molecule has 23 heavy (non-hydrogen) atoms. The number of aromatic nitrogens is 3. The van der Waals surface area contributed by atoms with Gasteiger partial charge in [-0.05, 0) is 26.2 Å². The van der Waals surface area contributed by atoms with Crippen LogP contribution in [0.3, 0.4) is 0 Å². The first kappa shape index (κ1) is 16.0. The molecule has 0 aliphatic rings. The molecule has 0 fully saturated rings. The minimum Gasteiger partial charge on any atom is -0.388 e. The first-order valence-corrected chi connectivity index (χ1v) is 8.63. The second-order valence-corrected chi connectivity index (χ2v) is 6.79. The number of hydrogen-bond acceptors (Lipinski definition) is 6. The van der Waals surface area contributed by atoms with Crippen LogP contribution in [0.15, 0.2) is 24.3 Å². The highest BCUT2D eigenvalue weighted by molar-refractivity contribution is 7.96. The third kappa shape index (κ3) is 2.87. The van der Waals surface area contributed by atoms with Crippen LogP contribution < -0.4 is 10.5 Å². The highest BCUT2D eigenvalue weighted by Crippen LogP contribution is 2.30. The standard InChI is InChI=1S/C16H21N5OS/c1-16(2,20-23-3)9-21-12(8-22)19-13-14(21)10-6-4-5-7-11(10)18-15(13)17/h4-7,20,22H,8-9H2,1-3H3,(H2,17,18). The molecule has 0 spiro atoms. The molecule has 0 aliphatic carbocycles. The SMILES string of the molecule is CSNC(C)(C)Cn1c(CO)nc2c(N)nc3ccccc3c21. The Labute approximate surface area is 139 Å². The van der Waals surface area contributed by atoms with Crippen molar-refractivity contribution in [3.8, 4) is 0 Å². The lowest BCUT2D eigenvalue weighted by Gasteiger charge is -2.26. The van der Waals surface area contributed by atoms with Crippen molar-refractivity contribution in [3.63, 3.8) is 0 Å². The topological polar surface area (TPSA) is 89.0 Å². The van der Waals surface area contributed by atoms with Crippen LogP contribution >= 0.6 is 11.9 Å². The highest BCUT2D eigenvalue weighted by Gasteiger charge is 2.23. The number of nitrogens with one attached hydrogen (secondary N) is 1. The maximum Gasteiger partial charge on any atom is 0.152 e. The normalized spacial score (nSPS) is 12.3. The Morgan fingerprint density at radius 3 is 2.74 bits per heavy atom. The molecule has 3 rings (SSSR count). The van der Waals surface area contributed by atoms with Gasteiger partial charge in [-0.15, -0.1) is 0 Å². The van der Waals surface area contributed by atoms with Gasteiger partial charge in [-0.2, -0.15) is 0 Å². The number of aliphatic hydroxyl groups is 1. The number of benzene rings is 1. The van der Waals surface area contributed by atoms with E-state index in [1.54, 1.807) is 11.9 Å². The second-order valence-electron chi connectivity index (χ2n) is 6.17. The first-order chi connectivity index (χ1) is 11.0. The van der Waals surface area contributed by atoms with Crippen LogP contribution in [-0.4, -0.2) is 31.4 Å². The summed E-state index contributed by atoms with van der Waals surface area (Å²) in [6.45, 7) is 4.75. The Kier molecular flexibility index (Phi) is 4.18. The number of nitrogen functional groups attached to an aromatic ring is 1. The molecule has 0 saturated heterocycles. The second kappa shape index (κ2) is 5.99. The quantitative estimate of drug-likeness (QED) is 0.622. The molecule has 0 aliphatic heterocycles. The van der Waals surface area contributed by atoms with Gasteiger partial charge >= 0.3 is 0 Å². The summed E-state index contributed by atoms with van der Waals surface area (Å²) in [6.07, 6.45) is 2.00. The molecule has 0 saturated carbocycles. The lowest BCUT2D eigenvalue weighted by molar-refractivity contribution is 0.261. The van der Waals surface area contributed by atoms with Crippen molar-refractivity contribution in [1.82, 2.24) is 19.3 Å². The van der Waals surface area contributed by atoms with Crippen molar-refractivity contribution >= 4 is 39.7 Å². The van der Waals surface area contributed by atoms with Gasteiger partial charge in [-0.1, -0.05) is 30.1 Å². The number of pyridine rings is 1. The predicted octanol–water partition coefficient (Wildman–Crippen LogP) is 2.31. The lowest BCUT2D eigenvalue weighted by Crippen LogP contribution is -2.39. The van der Waals surface area contributed by atoms with Gasteiger partial charge in [0.15, 0.2) is 5.82 Å². The van der Waals surface area contributed by atoms with E-state index in [0.717, 1.165) is 16.4 Å². The number of aliphatic hydroxyl groups excluding tert-OH is 1. The molecule has 6 nitrogen and oxygen atoms in total. The van der Waals surface area contributed by atoms with Gasteiger partial charge in [-0.25, -0.2) is 9.97 Å². The van der Waals surface area contributed by atoms with E-state index >= 15 is 0 Å². The fourth-order valence-electron chi connectivity index (χ4n) is 2.90. The number of nitrogens with zero attached hydrogens (tertiary/aromatic N) is 3. The summed E-state index contributed by atoms with van der Waals surface area (Å²) >= 11 is 1.57. The summed E-state index contributed by atoms with van der Waals surface area (Å²) in [5, 5.41) is 10.7. The summed E-state index contributed by atoms with van der Waals surface area (Å²) in [5.74, 6) is 0.989. The van der Waals surface area contributed by atoms with E-state index in [1.807, 2.05) is 35.1 Å². The lowest BCUT2D eigenvalue weighted by atomic mass is 10.1. The Hall–Kier alpha value is -1.83. The van der Waals surface area contributed by atoms with E-state index in [1.165, 1.54) is 0 Å². The van der Waals surface area contributed by atoms with E-state index in [4.69, 9.17) is 5.73 Å². The molecule has 4 N–H and O–H groups in total. The Morgan fingerprint density at radius 1 is 1.30 bits per heavy atom. The van der Waals surface area contributed by atoms with Crippen LogP contribution in [0.25, 0.3) is 21.9 Å². The molecular weight excluding hydrogens is 310 g/mol. The average Bonchev–Trinajstić information content (AvgIpc) is 2.86. The van der Waals surface area contributed by atoms with Gasteiger partial charge in [0.05, 0.1) is 11.0 Å². The zero-order valence-corrected chi connectivity index (χ0v) is 14.3. The van der Waals surface area contributed by atoms with Crippen molar-refractivity contribution < 1.29 is 5.11 Å². The number of anilines is 1. The zero-order valence-electron chi connectivity index (χ0n) is 13.5. The van der Waals surface area contributed by atoms with Crippen LogP contribution in [0, 0.1) is 0 Å². The van der Waals surface area contributed by atoms with Crippen LogP contribution in [0.4, 0.5) is 5.82 Å². The molecule has 7 heteroatoms. The molecule has 122 valence electrons. The summed E-state index contributed by atoms with van der Waals surface area (Å²) in [4.78, 5) is 8.94. The van der Waals surface area contributed by atoms with Crippen molar-refractivity contribution in [2.45, 2.75) is 32.5 Å². The molecule has 1 aromatic carbocycles. The largest absolute Gasteiger partial charge is 0.388 e. The summed E-state index contributed by atoms with van der Waals surface area (Å²) in [7, 11) is 0. The average molecular weight is 331 g/mol. The van der Waals surface area contributed by atoms with E-state index < -0.39 is 0 Å². The number of imidazole rings is 1. The fourth-order valence-corrected chi connectivity index (χ4v) is 3.52. The number of rotatable bonds is 5. The van der Waals surface area contributed by atoms with Crippen molar-refractivity contribution in [3.05, 3.63) is 30.1 Å². The number of para-hydroxylation sites is 1. The van der Waals surface area contributed by atoms with Crippen LogP contribution in [0.2, 0.25) is 0 Å². The van der Waals surface area contributed by atoms with Crippen LogP contribution in [0.5, 0.6) is 0 Å². The third-order valence-corrected chi connectivity index (χ3v) is 4.52. The molecule has 0 unspecified atom stereocenters. The van der Waals surface area contributed by atoms with E-state index in [9.17, 15) is 5.11 Å². The van der Waals surface area contributed by atoms with E-state index in [2.05, 4.69) is 28.5 Å². The Morgan fingerprint density at radius 2 is 2.04 bits per heavy atom. The van der Waals surface area contributed by atoms with E-state index in [0.29, 0.717) is 23.7 Å². The van der Waals surface area contributed by atoms with Gasteiger partial charge in [0, 0.05) is 17.5 Å². The minimum atomic E-state index is -0.171. The molecule has 2 aromatic heterocycles. The zero-order chi connectivity index (χ0) is 16.6. The molecule has 0 radical (unpaired) electrons. The Balaban J connectivity index is 2.30. The number of nitrogens with two attached hydrogens (primary N) is 1. The molecule has 0 amide bonds. The van der Waals surface area contributed by atoms with Crippen molar-refractivity contribution in [1.29, 1.82) is 0 Å². The third-order valence-electron chi connectivity index (χ3n) is 3.76. The summed E-state index contributed by atoms with van der Waals surface area (Å²) < 4.78 is 5.42. The van der Waals surface area contributed by atoms with Crippen molar-refractivity contribution in [2.24, 2.45) is 0 Å². The van der Waals surface area contributed by atoms with Crippen molar-refractivity contribution in [2.75, 3.05) is 12.0 Å². The molecule has 2 heterocycles. The number of fused-ring (bicyclic) bond motifs is 3. The van der Waals surface area contributed by atoms with Gasteiger partial charge in [-0.3, -0.25) is 4.72 Å². The predicted molar refractivity (Wildman–Crippen MR) is 96.1 cm³/mol. The monoisotopic (exact) mass is 331 g/mol. The maximum atomic E-state index is 9.74. The van der Waals surface area contributed by atoms with Gasteiger partial charge < -0.3 is 15.4 Å². The summed E-state index contributed by atoms with van der Waals surface area (Å²) in [5.41, 5.74) is 8.33. The molecule has 3 aromatic rings. The molecule has 0 bridgehead atoms. The van der Waals surface area contributed by atoms with Gasteiger partial charge in [0.2, 0.25) is 0 Å². The smallest absolute Gasteiger partial charge is 0.152 e. The van der Waals surface area contributed by atoms with Gasteiger partial charge in [0.1, 0.15) is 17.9 Å². The van der Waals surface area contributed by atoms with Gasteiger partial charge in [0.25, 0.3) is 0 Å². The first-order valence-electron chi connectivity index (χ1n) is 7.41. The maximum absolute atomic E-state index is 9.74. The molecule has 0 atom stereocenters. The molecular formula is C16H21N5OS. The minimum absolute atomic E-state index is 0.141. The van der Waals surface area contributed by atoms with Crippen LogP contribution in [0.1, 0.15) is 19.7 Å². The highest BCUT2D eigenvalue weighted by atomic mass is 32.2. The number of hydrogen-bond donors (Lipinski definition) is 3. The van der Waals surface area contributed by atoms with E-state index in [-0.39, 0.29) is 12.1 Å². The Bertz CT molecular complexity index is 858. The summed E-state index contributed by atoms with van der Waals surface area (Å²) in [6, 6.07) is 7.86.